The summed E-state index contributed by atoms with van der Waals surface area (Å²) < 4.78 is 16.1. The molecule has 1 aromatic carbocycles. The van der Waals surface area contributed by atoms with Gasteiger partial charge in [0.1, 0.15) is 5.56 Å². The molecular formula is C19H17N3O4. The Labute approximate surface area is 149 Å². The van der Waals surface area contributed by atoms with Crippen molar-refractivity contribution in [2.24, 2.45) is 0 Å². The number of aryl methyl sites for hydroxylation is 1. The van der Waals surface area contributed by atoms with E-state index in [1.54, 1.807) is 31.5 Å². The molecule has 7 heteroatoms. The first kappa shape index (κ1) is 16.1. The van der Waals surface area contributed by atoms with Gasteiger partial charge in [-0.2, -0.15) is 0 Å². The molecule has 0 saturated carbocycles. The molecule has 26 heavy (non-hydrogen) atoms. The number of fused-ring (bicyclic) bond motifs is 1. The fourth-order valence-corrected chi connectivity index (χ4v) is 2.83. The maximum atomic E-state index is 12.7. The molecule has 0 unspecified atom stereocenters. The van der Waals surface area contributed by atoms with Gasteiger partial charge in [-0.05, 0) is 49.2 Å². The monoisotopic (exact) mass is 351 g/mol. The number of hydrogen-bond donors (Lipinski definition) is 1. The van der Waals surface area contributed by atoms with Gasteiger partial charge in [-0.25, -0.2) is 0 Å². The van der Waals surface area contributed by atoms with Gasteiger partial charge >= 0.3 is 0 Å². The molecule has 0 fully saturated rings. The molecular weight excluding hydrogens is 334 g/mol. The highest BCUT2D eigenvalue weighted by molar-refractivity contribution is 6.00. The quantitative estimate of drug-likeness (QED) is 0.761. The van der Waals surface area contributed by atoms with Crippen molar-refractivity contribution in [2.45, 2.75) is 13.3 Å². The second-order valence-corrected chi connectivity index (χ2v) is 5.90. The van der Waals surface area contributed by atoms with E-state index in [0.29, 0.717) is 40.6 Å². The van der Waals surface area contributed by atoms with Gasteiger partial charge in [0, 0.05) is 24.5 Å². The molecule has 1 aliphatic rings. The number of hydrogen-bond acceptors (Lipinski definition) is 6. The van der Waals surface area contributed by atoms with Crippen molar-refractivity contribution in [3.63, 3.8) is 0 Å². The fraction of sp³-hybridized carbons (Fsp3) is 0.211. The van der Waals surface area contributed by atoms with Crippen molar-refractivity contribution in [1.29, 1.82) is 0 Å². The highest BCUT2D eigenvalue weighted by atomic mass is 16.7. The third-order valence-electron chi connectivity index (χ3n) is 4.17. The Morgan fingerprint density at radius 2 is 1.96 bits per heavy atom. The van der Waals surface area contributed by atoms with E-state index in [1.165, 1.54) is 0 Å². The first-order valence-corrected chi connectivity index (χ1v) is 8.26. The summed E-state index contributed by atoms with van der Waals surface area (Å²) in [5.41, 5.74) is 2.80. The summed E-state index contributed by atoms with van der Waals surface area (Å²) in [4.78, 5) is 16.6. The van der Waals surface area contributed by atoms with E-state index in [1.807, 2.05) is 18.2 Å². The number of nitrogens with one attached hydrogen (secondary N) is 1. The SMILES string of the molecule is Cc1noc(-c2ccc3c(c2)OCO3)c1C(=O)NCCc1ccncc1. The predicted molar refractivity (Wildman–Crippen MR) is 93.1 cm³/mol. The normalized spacial score (nSPS) is 12.2. The van der Waals surface area contributed by atoms with Crippen LogP contribution in [0.1, 0.15) is 21.6 Å². The second kappa shape index (κ2) is 6.87. The lowest BCUT2D eigenvalue weighted by molar-refractivity contribution is 0.0954. The molecule has 7 nitrogen and oxygen atoms in total. The van der Waals surface area contributed by atoms with E-state index < -0.39 is 0 Å². The Kier molecular flexibility index (Phi) is 4.27. The van der Waals surface area contributed by atoms with Crippen LogP contribution < -0.4 is 14.8 Å². The fourth-order valence-electron chi connectivity index (χ4n) is 2.83. The molecule has 1 amide bonds. The summed E-state index contributed by atoms with van der Waals surface area (Å²) in [7, 11) is 0. The molecule has 0 radical (unpaired) electrons. The topological polar surface area (TPSA) is 86.5 Å². The van der Waals surface area contributed by atoms with Crippen LogP contribution in [0.3, 0.4) is 0 Å². The average molecular weight is 351 g/mol. The van der Waals surface area contributed by atoms with Crippen LogP contribution in [0, 0.1) is 6.92 Å². The Hall–Kier alpha value is -3.35. The van der Waals surface area contributed by atoms with Crippen LogP contribution in [0.25, 0.3) is 11.3 Å². The van der Waals surface area contributed by atoms with E-state index in [2.05, 4.69) is 15.5 Å². The van der Waals surface area contributed by atoms with Crippen LogP contribution in [0.2, 0.25) is 0 Å². The van der Waals surface area contributed by atoms with E-state index in [0.717, 1.165) is 12.0 Å². The van der Waals surface area contributed by atoms with Crippen molar-refractivity contribution in [1.82, 2.24) is 15.5 Å². The predicted octanol–water partition coefficient (Wildman–Crippen LogP) is 2.75. The molecule has 1 aliphatic heterocycles. The summed E-state index contributed by atoms with van der Waals surface area (Å²) in [6, 6.07) is 9.25. The molecule has 2 aromatic heterocycles. The average Bonchev–Trinajstić information content (AvgIpc) is 3.28. The van der Waals surface area contributed by atoms with Crippen LogP contribution >= 0.6 is 0 Å². The maximum Gasteiger partial charge on any atom is 0.257 e. The van der Waals surface area contributed by atoms with Gasteiger partial charge in [-0.3, -0.25) is 9.78 Å². The molecule has 0 atom stereocenters. The summed E-state index contributed by atoms with van der Waals surface area (Å²) >= 11 is 0. The molecule has 0 aliphatic carbocycles. The van der Waals surface area contributed by atoms with Gasteiger partial charge in [-0.1, -0.05) is 5.16 Å². The van der Waals surface area contributed by atoms with Crippen LogP contribution in [0.5, 0.6) is 11.5 Å². The summed E-state index contributed by atoms with van der Waals surface area (Å²) in [5, 5.41) is 6.88. The first-order chi connectivity index (χ1) is 12.7. The Bertz CT molecular complexity index is 937. The van der Waals surface area contributed by atoms with Crippen LogP contribution in [-0.4, -0.2) is 29.4 Å². The zero-order chi connectivity index (χ0) is 17.9. The number of carbonyl (C=O) groups excluding carboxylic acids is 1. The summed E-state index contributed by atoms with van der Waals surface area (Å²) in [5.74, 6) is 1.50. The van der Waals surface area contributed by atoms with Crippen molar-refractivity contribution >= 4 is 5.91 Å². The van der Waals surface area contributed by atoms with Crippen LogP contribution in [-0.2, 0) is 6.42 Å². The third kappa shape index (κ3) is 3.11. The van der Waals surface area contributed by atoms with Gasteiger partial charge in [0.15, 0.2) is 17.3 Å². The van der Waals surface area contributed by atoms with Crippen LogP contribution in [0.15, 0.2) is 47.2 Å². The number of pyridine rings is 1. The van der Waals surface area contributed by atoms with E-state index in [4.69, 9.17) is 14.0 Å². The van der Waals surface area contributed by atoms with E-state index in [9.17, 15) is 4.79 Å². The Balaban J connectivity index is 1.51. The van der Waals surface area contributed by atoms with E-state index in [-0.39, 0.29) is 12.7 Å². The van der Waals surface area contributed by atoms with Gasteiger partial charge in [0.05, 0.1) is 5.69 Å². The highest BCUT2D eigenvalue weighted by Crippen LogP contribution is 2.37. The molecule has 4 rings (SSSR count). The highest BCUT2D eigenvalue weighted by Gasteiger charge is 2.23. The van der Waals surface area contributed by atoms with Gasteiger partial charge < -0.3 is 19.3 Å². The number of ether oxygens (including phenoxy) is 2. The molecule has 0 bridgehead atoms. The minimum atomic E-state index is -0.217. The first-order valence-electron chi connectivity index (χ1n) is 8.26. The van der Waals surface area contributed by atoms with Crippen molar-refractivity contribution in [3.05, 3.63) is 59.5 Å². The Morgan fingerprint density at radius 1 is 1.15 bits per heavy atom. The summed E-state index contributed by atoms with van der Waals surface area (Å²) in [6.07, 6.45) is 4.19. The smallest absolute Gasteiger partial charge is 0.257 e. The van der Waals surface area contributed by atoms with E-state index >= 15 is 0 Å². The lowest BCUT2D eigenvalue weighted by Crippen LogP contribution is -2.26. The zero-order valence-corrected chi connectivity index (χ0v) is 14.2. The molecule has 3 heterocycles. The van der Waals surface area contributed by atoms with Crippen molar-refractivity contribution < 1.29 is 18.8 Å². The standard InChI is InChI=1S/C19H17N3O4/c1-12-17(19(23)21-9-6-13-4-7-20-8-5-13)18(26-22-12)14-2-3-15-16(10-14)25-11-24-15/h2-5,7-8,10H,6,9,11H2,1H3,(H,21,23). The summed E-state index contributed by atoms with van der Waals surface area (Å²) in [6.45, 7) is 2.45. The Morgan fingerprint density at radius 3 is 2.81 bits per heavy atom. The van der Waals surface area contributed by atoms with Gasteiger partial charge in [0.2, 0.25) is 6.79 Å². The molecule has 0 saturated heterocycles. The minimum Gasteiger partial charge on any atom is -0.454 e. The largest absolute Gasteiger partial charge is 0.454 e. The number of carbonyl (C=O) groups is 1. The number of benzene rings is 1. The van der Waals surface area contributed by atoms with Crippen molar-refractivity contribution in [3.8, 4) is 22.8 Å². The number of aromatic nitrogens is 2. The van der Waals surface area contributed by atoms with Crippen molar-refractivity contribution in [2.75, 3.05) is 13.3 Å². The van der Waals surface area contributed by atoms with Gasteiger partial charge in [0.25, 0.3) is 5.91 Å². The lowest BCUT2D eigenvalue weighted by Gasteiger charge is -2.06. The van der Waals surface area contributed by atoms with Gasteiger partial charge in [-0.15, -0.1) is 0 Å². The zero-order valence-electron chi connectivity index (χ0n) is 14.2. The third-order valence-corrected chi connectivity index (χ3v) is 4.17. The minimum absolute atomic E-state index is 0.191. The lowest BCUT2D eigenvalue weighted by atomic mass is 10.1. The number of rotatable bonds is 5. The molecule has 1 N–H and O–H groups in total. The van der Waals surface area contributed by atoms with Crippen LogP contribution in [0.4, 0.5) is 0 Å². The number of amides is 1. The second-order valence-electron chi connectivity index (χ2n) is 5.90. The maximum absolute atomic E-state index is 12.7. The number of nitrogens with zero attached hydrogens (tertiary/aromatic N) is 2. The molecule has 0 spiro atoms. The molecule has 3 aromatic rings. The molecule has 132 valence electrons.